The van der Waals surface area contributed by atoms with Crippen LogP contribution in [0.25, 0.3) is 0 Å². The van der Waals surface area contributed by atoms with Gasteiger partial charge in [-0.25, -0.2) is 9.69 Å². The molecule has 0 saturated carbocycles. The van der Waals surface area contributed by atoms with Gasteiger partial charge in [0.25, 0.3) is 0 Å². The van der Waals surface area contributed by atoms with E-state index in [4.69, 9.17) is 9.47 Å². The van der Waals surface area contributed by atoms with Crippen LogP contribution in [0.3, 0.4) is 0 Å². The Labute approximate surface area is 139 Å². The molecular weight excluding hydrogens is 310 g/mol. The summed E-state index contributed by atoms with van der Waals surface area (Å²) < 4.78 is 10.8. The SMILES string of the molecule is CCOC(=O)c1ccccc1N1C(=O)[C@@H]2[C@H]3C=C[C@@](C)(O3)[C@H]2C1=O. The third kappa shape index (κ3) is 1.83. The number of fused-ring (bicyclic) bond motifs is 5. The molecule has 0 N–H and O–H groups in total. The number of anilines is 1. The number of amides is 2. The Morgan fingerprint density at radius 1 is 1.29 bits per heavy atom. The number of ether oxygens (including phenoxy) is 2. The minimum atomic E-state index is -0.754. The van der Waals surface area contributed by atoms with Gasteiger partial charge in [0, 0.05) is 0 Å². The summed E-state index contributed by atoms with van der Waals surface area (Å²) in [6, 6.07) is 6.53. The molecule has 2 saturated heterocycles. The van der Waals surface area contributed by atoms with Gasteiger partial charge in [0.05, 0.1) is 41.4 Å². The van der Waals surface area contributed by atoms with Crippen LogP contribution in [0, 0.1) is 11.8 Å². The smallest absolute Gasteiger partial charge is 0.340 e. The average Bonchev–Trinajstić information content (AvgIpc) is 3.17. The van der Waals surface area contributed by atoms with Gasteiger partial charge in [0.2, 0.25) is 11.8 Å². The molecule has 2 fully saturated rings. The molecule has 6 nitrogen and oxygen atoms in total. The Bertz CT molecular complexity index is 785. The number of hydrogen-bond acceptors (Lipinski definition) is 5. The molecule has 0 unspecified atom stereocenters. The number of imide groups is 1. The van der Waals surface area contributed by atoms with E-state index in [1.54, 1.807) is 31.2 Å². The molecule has 2 bridgehead atoms. The molecule has 1 aromatic carbocycles. The van der Waals surface area contributed by atoms with Crippen LogP contribution in [0.1, 0.15) is 24.2 Å². The number of rotatable bonds is 3. The lowest BCUT2D eigenvalue weighted by Crippen LogP contribution is -2.39. The van der Waals surface area contributed by atoms with E-state index < -0.39 is 23.4 Å². The molecule has 0 aromatic heterocycles. The zero-order valence-electron chi connectivity index (χ0n) is 13.4. The van der Waals surface area contributed by atoms with Crippen molar-refractivity contribution in [2.45, 2.75) is 25.6 Å². The summed E-state index contributed by atoms with van der Waals surface area (Å²) in [7, 11) is 0. The van der Waals surface area contributed by atoms with Crippen molar-refractivity contribution in [3.05, 3.63) is 42.0 Å². The summed E-state index contributed by atoms with van der Waals surface area (Å²) in [4.78, 5) is 39.2. The molecule has 1 aromatic rings. The second kappa shape index (κ2) is 5.01. The van der Waals surface area contributed by atoms with Crippen molar-refractivity contribution >= 4 is 23.5 Å². The van der Waals surface area contributed by atoms with Crippen LogP contribution in [0.15, 0.2) is 36.4 Å². The van der Waals surface area contributed by atoms with Crippen molar-refractivity contribution in [1.29, 1.82) is 0 Å². The molecule has 124 valence electrons. The minimum Gasteiger partial charge on any atom is -0.462 e. The van der Waals surface area contributed by atoms with Crippen molar-refractivity contribution in [1.82, 2.24) is 0 Å². The van der Waals surface area contributed by atoms with E-state index in [1.165, 1.54) is 0 Å². The van der Waals surface area contributed by atoms with Crippen LogP contribution >= 0.6 is 0 Å². The highest BCUT2D eigenvalue weighted by atomic mass is 16.5. The number of esters is 1. The number of benzene rings is 1. The molecule has 0 radical (unpaired) electrons. The summed E-state index contributed by atoms with van der Waals surface area (Å²) >= 11 is 0. The fraction of sp³-hybridized carbons (Fsp3) is 0.389. The molecular formula is C18H17NO5. The highest BCUT2D eigenvalue weighted by Gasteiger charge is 2.66. The van der Waals surface area contributed by atoms with Gasteiger partial charge < -0.3 is 9.47 Å². The van der Waals surface area contributed by atoms with Crippen molar-refractivity contribution in [2.75, 3.05) is 11.5 Å². The third-order valence-electron chi connectivity index (χ3n) is 4.97. The molecule has 3 aliphatic heterocycles. The molecule has 24 heavy (non-hydrogen) atoms. The van der Waals surface area contributed by atoms with E-state index in [9.17, 15) is 14.4 Å². The second-order valence-corrected chi connectivity index (χ2v) is 6.38. The maximum Gasteiger partial charge on any atom is 0.340 e. The summed E-state index contributed by atoms with van der Waals surface area (Å²) in [5, 5.41) is 0. The first kappa shape index (κ1) is 15.1. The van der Waals surface area contributed by atoms with Gasteiger partial charge in [-0.3, -0.25) is 9.59 Å². The number of nitrogens with zero attached hydrogens (tertiary/aromatic N) is 1. The number of hydrogen-bond donors (Lipinski definition) is 0. The molecule has 3 aliphatic rings. The third-order valence-corrected chi connectivity index (χ3v) is 4.97. The van der Waals surface area contributed by atoms with Gasteiger partial charge in [-0.1, -0.05) is 24.3 Å². The molecule has 2 amide bonds. The first-order valence-electron chi connectivity index (χ1n) is 7.99. The second-order valence-electron chi connectivity index (χ2n) is 6.38. The van der Waals surface area contributed by atoms with E-state index in [0.29, 0.717) is 0 Å². The Hall–Kier alpha value is -2.47. The van der Waals surface area contributed by atoms with E-state index in [0.717, 1.165) is 4.90 Å². The topological polar surface area (TPSA) is 72.9 Å². The maximum atomic E-state index is 13.0. The zero-order valence-corrected chi connectivity index (χ0v) is 13.4. The molecule has 6 heteroatoms. The van der Waals surface area contributed by atoms with Crippen molar-refractivity contribution in [2.24, 2.45) is 11.8 Å². The van der Waals surface area contributed by atoms with Crippen LogP contribution in [-0.2, 0) is 19.1 Å². The van der Waals surface area contributed by atoms with E-state index >= 15 is 0 Å². The Balaban J connectivity index is 1.76. The van der Waals surface area contributed by atoms with Crippen LogP contribution in [0.5, 0.6) is 0 Å². The van der Waals surface area contributed by atoms with Crippen LogP contribution < -0.4 is 4.90 Å². The van der Waals surface area contributed by atoms with Crippen molar-refractivity contribution in [3.63, 3.8) is 0 Å². The first-order valence-corrected chi connectivity index (χ1v) is 7.99. The summed E-state index contributed by atoms with van der Waals surface area (Å²) in [5.41, 5.74) is -0.258. The molecule has 4 atom stereocenters. The van der Waals surface area contributed by atoms with E-state index in [1.807, 2.05) is 19.1 Å². The number of para-hydroxylation sites is 1. The summed E-state index contributed by atoms with van der Waals surface area (Å²) in [6.45, 7) is 3.75. The predicted molar refractivity (Wildman–Crippen MR) is 84.3 cm³/mol. The minimum absolute atomic E-state index is 0.215. The molecule has 0 aliphatic carbocycles. The van der Waals surface area contributed by atoms with E-state index in [-0.39, 0.29) is 35.8 Å². The quantitative estimate of drug-likeness (QED) is 0.480. The Morgan fingerprint density at radius 2 is 2.04 bits per heavy atom. The average molecular weight is 327 g/mol. The molecule has 0 spiro atoms. The highest BCUT2D eigenvalue weighted by Crippen LogP contribution is 2.52. The van der Waals surface area contributed by atoms with Crippen molar-refractivity contribution in [3.8, 4) is 0 Å². The van der Waals surface area contributed by atoms with E-state index in [2.05, 4.69) is 0 Å². The fourth-order valence-electron chi connectivity index (χ4n) is 3.94. The predicted octanol–water partition coefficient (Wildman–Crippen LogP) is 1.70. The highest BCUT2D eigenvalue weighted by molar-refractivity contribution is 6.25. The number of carbonyl (C=O) groups excluding carboxylic acids is 3. The maximum absolute atomic E-state index is 13.0. The van der Waals surface area contributed by atoms with Gasteiger partial charge in [0.15, 0.2) is 0 Å². The first-order chi connectivity index (χ1) is 11.5. The number of carbonyl (C=O) groups is 3. The van der Waals surface area contributed by atoms with Crippen LogP contribution in [0.4, 0.5) is 5.69 Å². The van der Waals surface area contributed by atoms with Crippen LogP contribution in [0.2, 0.25) is 0 Å². The van der Waals surface area contributed by atoms with Gasteiger partial charge in [-0.15, -0.1) is 0 Å². The van der Waals surface area contributed by atoms with Gasteiger partial charge in [0.1, 0.15) is 0 Å². The zero-order chi connectivity index (χ0) is 17.1. The normalized spacial score (nSPS) is 33.2. The van der Waals surface area contributed by atoms with Gasteiger partial charge in [-0.05, 0) is 26.0 Å². The summed E-state index contributed by atoms with van der Waals surface area (Å²) in [5.74, 6) is -2.26. The van der Waals surface area contributed by atoms with Crippen molar-refractivity contribution < 1.29 is 23.9 Å². The standard InChI is InChI=1S/C18H17NO5/c1-3-23-17(22)10-6-4-5-7-11(10)19-15(20)13-12-8-9-18(2,24-12)14(13)16(19)21/h4-9,12-14H,3H2,1-2H3/t12-,13-,14-,18-/m1/s1. The molecule has 3 heterocycles. The van der Waals surface area contributed by atoms with Gasteiger partial charge in [-0.2, -0.15) is 0 Å². The summed E-state index contributed by atoms with van der Waals surface area (Å²) in [6.07, 6.45) is 3.31. The monoisotopic (exact) mass is 327 g/mol. The lowest BCUT2D eigenvalue weighted by molar-refractivity contribution is -0.126. The molecule has 4 rings (SSSR count). The Kier molecular flexibility index (Phi) is 3.15. The lowest BCUT2D eigenvalue weighted by Gasteiger charge is -2.24. The largest absolute Gasteiger partial charge is 0.462 e. The Morgan fingerprint density at radius 3 is 2.75 bits per heavy atom. The lowest BCUT2D eigenvalue weighted by atomic mass is 9.78. The van der Waals surface area contributed by atoms with Crippen LogP contribution in [-0.4, -0.2) is 36.1 Å². The van der Waals surface area contributed by atoms with Gasteiger partial charge >= 0.3 is 5.97 Å². The fourth-order valence-corrected chi connectivity index (χ4v) is 3.94.